The predicted molar refractivity (Wildman–Crippen MR) is 126 cm³/mol. The highest BCUT2D eigenvalue weighted by molar-refractivity contribution is 9.10. The van der Waals surface area contributed by atoms with Crippen LogP contribution in [0, 0.1) is 6.92 Å². The molecule has 4 aromatic heterocycles. The summed E-state index contributed by atoms with van der Waals surface area (Å²) in [6, 6.07) is 3.13. The molecule has 11 heteroatoms. The van der Waals surface area contributed by atoms with Crippen molar-refractivity contribution in [3.63, 3.8) is 0 Å². The molecule has 4 aromatic rings. The Balaban J connectivity index is 1.54. The van der Waals surface area contributed by atoms with Crippen molar-refractivity contribution in [2.45, 2.75) is 39.3 Å². The zero-order valence-electron chi connectivity index (χ0n) is 17.4. The van der Waals surface area contributed by atoms with Crippen LogP contribution in [0.3, 0.4) is 0 Å². The standard InChI is InChI=1S/C19H24BrN7OSSi/c1-13-7-17(29-25-13)24-18-19-21-9-15(27(19)11-16(20)23-18)14-8-22-26(10-14)12-28-5-6-30(2,3)4/h7-11H,5-6,12H2,1-4H3,(H,23,24). The highest BCUT2D eigenvalue weighted by Crippen LogP contribution is 2.28. The Labute approximate surface area is 188 Å². The van der Waals surface area contributed by atoms with E-state index in [1.54, 1.807) is 0 Å². The van der Waals surface area contributed by atoms with Crippen molar-refractivity contribution in [2.75, 3.05) is 11.9 Å². The lowest BCUT2D eigenvalue weighted by molar-refractivity contribution is 0.0786. The van der Waals surface area contributed by atoms with Crippen LogP contribution in [-0.2, 0) is 11.5 Å². The highest BCUT2D eigenvalue weighted by atomic mass is 79.9. The summed E-state index contributed by atoms with van der Waals surface area (Å²) in [7, 11) is -1.09. The van der Waals surface area contributed by atoms with Gasteiger partial charge in [-0.15, -0.1) is 0 Å². The van der Waals surface area contributed by atoms with Gasteiger partial charge in [0.1, 0.15) is 16.3 Å². The zero-order chi connectivity index (χ0) is 21.3. The van der Waals surface area contributed by atoms with Gasteiger partial charge in [-0.3, -0.25) is 4.40 Å². The molecule has 1 N–H and O–H groups in total. The minimum absolute atomic E-state index is 0.448. The number of anilines is 2. The second kappa shape index (κ2) is 8.58. The Kier molecular flexibility index (Phi) is 6.05. The molecule has 0 aliphatic carbocycles. The van der Waals surface area contributed by atoms with Gasteiger partial charge in [0.25, 0.3) is 0 Å². The summed E-state index contributed by atoms with van der Waals surface area (Å²) in [6.45, 7) is 10.2. The van der Waals surface area contributed by atoms with E-state index < -0.39 is 8.07 Å². The van der Waals surface area contributed by atoms with Crippen LogP contribution in [-0.4, -0.2) is 43.2 Å². The van der Waals surface area contributed by atoms with Gasteiger partial charge in [-0.2, -0.15) is 9.47 Å². The van der Waals surface area contributed by atoms with Gasteiger partial charge in [0, 0.05) is 32.6 Å². The quantitative estimate of drug-likeness (QED) is 0.262. The average Bonchev–Trinajstić information content (AvgIpc) is 3.37. The maximum Gasteiger partial charge on any atom is 0.181 e. The first kappa shape index (κ1) is 21.2. The van der Waals surface area contributed by atoms with Gasteiger partial charge in [-0.25, -0.2) is 14.6 Å². The topological polar surface area (TPSA) is 82.2 Å². The fraction of sp³-hybridized carbons (Fsp3) is 0.368. The predicted octanol–water partition coefficient (Wildman–Crippen LogP) is 5.18. The molecule has 0 spiro atoms. The third-order valence-electron chi connectivity index (χ3n) is 4.48. The molecule has 0 atom stereocenters. The first-order chi connectivity index (χ1) is 14.3. The van der Waals surface area contributed by atoms with Gasteiger partial charge in [-0.05, 0) is 46.5 Å². The van der Waals surface area contributed by atoms with Gasteiger partial charge in [-0.1, -0.05) is 19.6 Å². The summed E-state index contributed by atoms with van der Waals surface area (Å²) in [5.41, 5.74) is 3.61. The third kappa shape index (κ3) is 4.97. The van der Waals surface area contributed by atoms with Crippen LogP contribution in [0.15, 0.2) is 35.5 Å². The number of imidazole rings is 1. The Morgan fingerprint density at radius 2 is 2.07 bits per heavy atom. The molecule has 0 unspecified atom stereocenters. The smallest absolute Gasteiger partial charge is 0.181 e. The fourth-order valence-electron chi connectivity index (χ4n) is 2.90. The van der Waals surface area contributed by atoms with Crippen molar-refractivity contribution in [2.24, 2.45) is 0 Å². The van der Waals surface area contributed by atoms with Crippen LogP contribution < -0.4 is 5.32 Å². The van der Waals surface area contributed by atoms with Crippen LogP contribution in [0.4, 0.5) is 10.8 Å². The van der Waals surface area contributed by atoms with E-state index in [2.05, 4.69) is 60.3 Å². The molecule has 0 aliphatic rings. The molecule has 8 nitrogen and oxygen atoms in total. The van der Waals surface area contributed by atoms with E-state index in [1.165, 1.54) is 11.5 Å². The second-order valence-corrected chi connectivity index (χ2v) is 15.6. The molecule has 4 rings (SSSR count). The number of nitrogens with zero attached hydrogens (tertiary/aromatic N) is 6. The lowest BCUT2D eigenvalue weighted by Crippen LogP contribution is -2.22. The molecule has 0 saturated carbocycles. The van der Waals surface area contributed by atoms with E-state index in [1.807, 2.05) is 46.9 Å². The van der Waals surface area contributed by atoms with Crippen molar-refractivity contribution in [3.05, 3.63) is 41.2 Å². The number of ether oxygens (including phenoxy) is 1. The first-order valence-corrected chi connectivity index (χ1v) is 14.9. The van der Waals surface area contributed by atoms with E-state index in [9.17, 15) is 0 Å². The molecular formula is C19H24BrN7OSSi. The number of aryl methyl sites for hydroxylation is 1. The van der Waals surface area contributed by atoms with Crippen molar-refractivity contribution in [1.82, 2.24) is 28.5 Å². The molecule has 0 aromatic carbocycles. The monoisotopic (exact) mass is 505 g/mol. The van der Waals surface area contributed by atoms with Crippen molar-refractivity contribution >= 4 is 52.0 Å². The van der Waals surface area contributed by atoms with Crippen molar-refractivity contribution in [1.29, 1.82) is 0 Å². The van der Waals surface area contributed by atoms with E-state index in [0.29, 0.717) is 17.2 Å². The van der Waals surface area contributed by atoms with Gasteiger partial charge in [0.05, 0.1) is 23.8 Å². The summed E-state index contributed by atoms with van der Waals surface area (Å²) < 4.78 is 14.6. The van der Waals surface area contributed by atoms with Crippen LogP contribution in [0.2, 0.25) is 25.7 Å². The molecule has 0 radical (unpaired) electrons. The number of fused-ring (bicyclic) bond motifs is 1. The lowest BCUT2D eigenvalue weighted by atomic mass is 10.3. The van der Waals surface area contributed by atoms with Gasteiger partial charge in [0.2, 0.25) is 0 Å². The number of hydrogen-bond acceptors (Lipinski definition) is 7. The number of nitrogens with one attached hydrogen (secondary N) is 1. The second-order valence-electron chi connectivity index (χ2n) is 8.32. The van der Waals surface area contributed by atoms with E-state index in [-0.39, 0.29) is 0 Å². The zero-order valence-corrected chi connectivity index (χ0v) is 20.8. The number of halogens is 1. The normalized spacial score (nSPS) is 12.0. The van der Waals surface area contributed by atoms with Gasteiger partial charge < -0.3 is 10.1 Å². The Morgan fingerprint density at radius 3 is 2.80 bits per heavy atom. The SMILES string of the molecule is Cc1cc(Nc2nc(Br)cn3c(-c4cnn(COCC[Si](C)(C)C)c4)cnc23)sn1. The van der Waals surface area contributed by atoms with E-state index >= 15 is 0 Å². The van der Waals surface area contributed by atoms with Crippen LogP contribution in [0.1, 0.15) is 5.69 Å². The molecule has 0 aliphatic heterocycles. The highest BCUT2D eigenvalue weighted by Gasteiger charge is 2.15. The summed E-state index contributed by atoms with van der Waals surface area (Å²) >= 11 is 4.90. The van der Waals surface area contributed by atoms with E-state index in [4.69, 9.17) is 4.74 Å². The van der Waals surface area contributed by atoms with Crippen molar-refractivity contribution in [3.8, 4) is 11.3 Å². The van der Waals surface area contributed by atoms with Gasteiger partial charge in [0.15, 0.2) is 11.5 Å². The van der Waals surface area contributed by atoms with Crippen LogP contribution >= 0.6 is 27.5 Å². The molecule has 0 saturated heterocycles. The molecular weight excluding hydrogens is 482 g/mol. The Morgan fingerprint density at radius 1 is 1.23 bits per heavy atom. The maximum atomic E-state index is 5.80. The molecule has 30 heavy (non-hydrogen) atoms. The minimum Gasteiger partial charge on any atom is -0.360 e. The number of rotatable bonds is 8. The van der Waals surface area contributed by atoms with Crippen LogP contribution in [0.5, 0.6) is 0 Å². The minimum atomic E-state index is -1.09. The summed E-state index contributed by atoms with van der Waals surface area (Å²) in [5.74, 6) is 0.668. The maximum absolute atomic E-state index is 5.80. The average molecular weight is 507 g/mol. The molecule has 0 bridgehead atoms. The van der Waals surface area contributed by atoms with E-state index in [0.717, 1.165) is 40.3 Å². The summed E-state index contributed by atoms with van der Waals surface area (Å²) in [6.07, 6.45) is 7.55. The first-order valence-electron chi connectivity index (χ1n) is 9.63. The van der Waals surface area contributed by atoms with Gasteiger partial charge >= 0.3 is 0 Å². The summed E-state index contributed by atoms with van der Waals surface area (Å²) in [4.78, 5) is 9.14. The summed E-state index contributed by atoms with van der Waals surface area (Å²) in [5, 5.41) is 8.68. The molecule has 158 valence electrons. The molecule has 4 heterocycles. The Bertz CT molecular complexity index is 1160. The number of hydrogen-bond donors (Lipinski definition) is 1. The molecule has 0 amide bonds. The Hall–Kier alpha value is -2.08. The van der Waals surface area contributed by atoms with Crippen LogP contribution in [0.25, 0.3) is 16.9 Å². The lowest BCUT2D eigenvalue weighted by Gasteiger charge is -2.15. The fourth-order valence-corrected chi connectivity index (χ4v) is 4.70. The largest absolute Gasteiger partial charge is 0.360 e. The third-order valence-corrected chi connectivity index (χ3v) is 7.36. The van der Waals surface area contributed by atoms with Crippen molar-refractivity contribution < 1.29 is 4.74 Å². The number of aromatic nitrogens is 6. The molecule has 0 fully saturated rings.